The van der Waals surface area contributed by atoms with Crippen molar-refractivity contribution in [2.24, 2.45) is 0 Å². The van der Waals surface area contributed by atoms with Crippen LogP contribution in [0.4, 0.5) is 8.78 Å². The molecule has 1 aliphatic rings. The van der Waals surface area contributed by atoms with Crippen molar-refractivity contribution >= 4 is 10.0 Å². The minimum Gasteiger partial charge on any atom is -0.472 e. The largest absolute Gasteiger partial charge is 0.472 e. The number of rotatable bonds is 5. The first-order valence-electron chi connectivity index (χ1n) is 7.80. The Morgan fingerprint density at radius 1 is 1.28 bits per heavy atom. The van der Waals surface area contributed by atoms with Gasteiger partial charge in [-0.25, -0.2) is 17.2 Å². The summed E-state index contributed by atoms with van der Waals surface area (Å²) in [6.45, 7) is 0.454. The van der Waals surface area contributed by atoms with Crippen molar-refractivity contribution in [1.82, 2.24) is 14.5 Å². The number of sulfonamides is 1. The number of hydrogen-bond donors (Lipinski definition) is 0. The van der Waals surface area contributed by atoms with Crippen molar-refractivity contribution in [2.75, 3.05) is 13.1 Å². The molecule has 0 bridgehead atoms. The van der Waals surface area contributed by atoms with E-state index in [0.717, 1.165) is 18.2 Å². The zero-order valence-electron chi connectivity index (χ0n) is 13.3. The standard InChI is InChI=1S/C16H17F2N3O3S/c17-13-5-6-15(18)12(9-13)11-25(22,23)21-8-2-3-14(10-21)24-16-4-1-7-19-20-16/h1,4-7,9,14H,2-3,8,10-11H2. The van der Waals surface area contributed by atoms with E-state index in [1.807, 2.05) is 0 Å². The summed E-state index contributed by atoms with van der Waals surface area (Å²) in [6, 6.07) is 6.10. The molecule has 1 aromatic carbocycles. The number of benzene rings is 1. The van der Waals surface area contributed by atoms with E-state index in [-0.39, 0.29) is 18.2 Å². The van der Waals surface area contributed by atoms with Gasteiger partial charge in [0.2, 0.25) is 15.9 Å². The molecular formula is C16H17F2N3O3S. The minimum atomic E-state index is -3.79. The fourth-order valence-corrected chi connectivity index (χ4v) is 4.31. The van der Waals surface area contributed by atoms with Crippen molar-refractivity contribution in [3.05, 3.63) is 53.7 Å². The first-order valence-corrected chi connectivity index (χ1v) is 9.41. The average Bonchev–Trinajstić information content (AvgIpc) is 2.59. The molecule has 0 aliphatic carbocycles. The Kier molecular flexibility index (Phi) is 5.24. The fourth-order valence-electron chi connectivity index (χ4n) is 2.72. The Morgan fingerprint density at radius 2 is 2.12 bits per heavy atom. The van der Waals surface area contributed by atoms with Gasteiger partial charge < -0.3 is 4.74 Å². The summed E-state index contributed by atoms with van der Waals surface area (Å²) in [5.41, 5.74) is -0.183. The van der Waals surface area contributed by atoms with Crippen LogP contribution in [0.3, 0.4) is 0 Å². The van der Waals surface area contributed by atoms with E-state index in [0.29, 0.717) is 25.3 Å². The number of piperidine rings is 1. The number of nitrogens with zero attached hydrogens (tertiary/aromatic N) is 3. The van der Waals surface area contributed by atoms with Gasteiger partial charge in [0.15, 0.2) is 0 Å². The first kappa shape index (κ1) is 17.7. The third-order valence-corrected chi connectivity index (χ3v) is 5.71. The Morgan fingerprint density at radius 3 is 2.88 bits per heavy atom. The van der Waals surface area contributed by atoms with Crippen LogP contribution >= 0.6 is 0 Å². The number of hydrogen-bond acceptors (Lipinski definition) is 5. The zero-order chi connectivity index (χ0) is 17.9. The molecule has 1 unspecified atom stereocenters. The Hall–Kier alpha value is -2.13. The van der Waals surface area contributed by atoms with Crippen LogP contribution in [0.5, 0.6) is 5.88 Å². The molecule has 0 radical (unpaired) electrons. The van der Waals surface area contributed by atoms with E-state index in [2.05, 4.69) is 10.2 Å². The van der Waals surface area contributed by atoms with Crippen molar-refractivity contribution < 1.29 is 21.9 Å². The Labute approximate surface area is 144 Å². The molecule has 1 fully saturated rings. The van der Waals surface area contributed by atoms with Crippen molar-refractivity contribution in [1.29, 1.82) is 0 Å². The molecule has 1 atom stereocenters. The molecule has 0 spiro atoms. The molecule has 1 saturated heterocycles. The Balaban J connectivity index is 1.70. The van der Waals surface area contributed by atoms with Crippen LogP contribution in [-0.4, -0.2) is 42.1 Å². The monoisotopic (exact) mass is 369 g/mol. The number of halogens is 2. The summed E-state index contributed by atoms with van der Waals surface area (Å²) in [7, 11) is -3.79. The molecule has 2 aromatic rings. The van der Waals surface area contributed by atoms with Crippen LogP contribution in [0.15, 0.2) is 36.5 Å². The smallest absolute Gasteiger partial charge is 0.233 e. The topological polar surface area (TPSA) is 72.4 Å². The van der Waals surface area contributed by atoms with E-state index in [4.69, 9.17) is 4.74 Å². The second kappa shape index (κ2) is 7.40. The van der Waals surface area contributed by atoms with Gasteiger partial charge in [0, 0.05) is 24.4 Å². The van der Waals surface area contributed by atoms with Crippen molar-refractivity contribution in [3.63, 3.8) is 0 Å². The SMILES string of the molecule is O=S(=O)(Cc1cc(F)ccc1F)N1CCCC(Oc2cccnn2)C1. The fraction of sp³-hybridized carbons (Fsp3) is 0.375. The molecule has 3 rings (SSSR count). The summed E-state index contributed by atoms with van der Waals surface area (Å²) in [5, 5.41) is 7.53. The summed E-state index contributed by atoms with van der Waals surface area (Å²) in [6.07, 6.45) is 2.43. The predicted octanol–water partition coefficient (Wildman–Crippen LogP) is 2.13. The van der Waals surface area contributed by atoms with Gasteiger partial charge in [-0.05, 0) is 37.1 Å². The molecule has 1 aromatic heterocycles. The highest BCUT2D eigenvalue weighted by molar-refractivity contribution is 7.88. The van der Waals surface area contributed by atoms with Gasteiger partial charge >= 0.3 is 0 Å². The maximum Gasteiger partial charge on any atom is 0.233 e. The predicted molar refractivity (Wildman–Crippen MR) is 86.2 cm³/mol. The van der Waals surface area contributed by atoms with E-state index in [9.17, 15) is 17.2 Å². The molecular weight excluding hydrogens is 352 g/mol. The van der Waals surface area contributed by atoms with Crippen LogP contribution in [0.25, 0.3) is 0 Å². The van der Waals surface area contributed by atoms with Crippen molar-refractivity contribution in [2.45, 2.75) is 24.7 Å². The Bertz CT molecular complexity index is 834. The van der Waals surface area contributed by atoms with Crippen LogP contribution < -0.4 is 4.74 Å². The third kappa shape index (κ3) is 4.49. The lowest BCUT2D eigenvalue weighted by Gasteiger charge is -2.31. The first-order chi connectivity index (χ1) is 11.9. The average molecular weight is 369 g/mol. The molecule has 0 N–H and O–H groups in total. The molecule has 2 heterocycles. The van der Waals surface area contributed by atoms with E-state index in [1.54, 1.807) is 12.1 Å². The highest BCUT2D eigenvalue weighted by Gasteiger charge is 2.31. The maximum atomic E-state index is 13.7. The van der Waals surface area contributed by atoms with Crippen LogP contribution in [0.2, 0.25) is 0 Å². The van der Waals surface area contributed by atoms with Gasteiger partial charge in [-0.15, -0.1) is 5.10 Å². The highest BCUT2D eigenvalue weighted by Crippen LogP contribution is 2.22. The van der Waals surface area contributed by atoms with Crippen LogP contribution in [-0.2, 0) is 15.8 Å². The molecule has 9 heteroatoms. The molecule has 1 aliphatic heterocycles. The summed E-state index contributed by atoms with van der Waals surface area (Å²) >= 11 is 0. The zero-order valence-corrected chi connectivity index (χ0v) is 14.1. The van der Waals surface area contributed by atoms with E-state index in [1.165, 1.54) is 10.5 Å². The number of ether oxygens (including phenoxy) is 1. The lowest BCUT2D eigenvalue weighted by molar-refractivity contribution is 0.123. The summed E-state index contributed by atoms with van der Waals surface area (Å²) in [5.74, 6) is -1.68. The van der Waals surface area contributed by atoms with Gasteiger partial charge in [0.25, 0.3) is 0 Å². The van der Waals surface area contributed by atoms with E-state index >= 15 is 0 Å². The van der Waals surface area contributed by atoms with Gasteiger partial charge in [0.1, 0.15) is 17.7 Å². The molecule has 6 nitrogen and oxygen atoms in total. The van der Waals surface area contributed by atoms with Crippen molar-refractivity contribution in [3.8, 4) is 5.88 Å². The van der Waals surface area contributed by atoms with Crippen LogP contribution in [0.1, 0.15) is 18.4 Å². The van der Waals surface area contributed by atoms with Crippen LogP contribution in [0, 0.1) is 11.6 Å². The second-order valence-electron chi connectivity index (χ2n) is 5.79. The van der Waals surface area contributed by atoms with Gasteiger partial charge in [0.05, 0.1) is 12.3 Å². The molecule has 0 saturated carbocycles. The lowest BCUT2D eigenvalue weighted by Crippen LogP contribution is -2.44. The molecule has 0 amide bonds. The molecule has 134 valence electrons. The normalized spacial score (nSPS) is 18.9. The van der Waals surface area contributed by atoms with Gasteiger partial charge in [-0.3, -0.25) is 0 Å². The lowest BCUT2D eigenvalue weighted by atomic mass is 10.1. The highest BCUT2D eigenvalue weighted by atomic mass is 32.2. The maximum absolute atomic E-state index is 13.7. The summed E-state index contributed by atoms with van der Waals surface area (Å²) in [4.78, 5) is 0. The van der Waals surface area contributed by atoms with E-state index < -0.39 is 27.4 Å². The van der Waals surface area contributed by atoms with Gasteiger partial charge in [-0.1, -0.05) is 0 Å². The second-order valence-corrected chi connectivity index (χ2v) is 7.76. The quantitative estimate of drug-likeness (QED) is 0.807. The minimum absolute atomic E-state index is 0.135. The third-order valence-electron chi connectivity index (χ3n) is 3.92. The number of aromatic nitrogens is 2. The molecule has 25 heavy (non-hydrogen) atoms. The van der Waals surface area contributed by atoms with Gasteiger partial charge in [-0.2, -0.15) is 9.40 Å². The summed E-state index contributed by atoms with van der Waals surface area (Å²) < 4.78 is 59.1.